The maximum atomic E-state index is 13.8. The van der Waals surface area contributed by atoms with Gasteiger partial charge in [-0.05, 0) is 32.0 Å². The second kappa shape index (κ2) is 5.16. The highest BCUT2D eigenvalue weighted by molar-refractivity contribution is 7.90. The van der Waals surface area contributed by atoms with E-state index in [-0.39, 0.29) is 5.56 Å². The van der Waals surface area contributed by atoms with E-state index >= 15 is 0 Å². The molecule has 1 aromatic carbocycles. The third-order valence-electron chi connectivity index (χ3n) is 2.85. The van der Waals surface area contributed by atoms with Crippen molar-refractivity contribution in [3.63, 3.8) is 0 Å². The number of rotatable bonds is 4. The van der Waals surface area contributed by atoms with Crippen molar-refractivity contribution in [1.82, 2.24) is 9.19 Å². The van der Waals surface area contributed by atoms with Crippen LogP contribution in [0.1, 0.15) is 24.2 Å². The summed E-state index contributed by atoms with van der Waals surface area (Å²) >= 11 is 0. The third kappa shape index (κ3) is 2.49. The van der Waals surface area contributed by atoms with Crippen LogP contribution in [-0.4, -0.2) is 29.1 Å². The summed E-state index contributed by atoms with van der Waals surface area (Å²) in [7, 11) is -3.58. The molecule has 0 fully saturated rings. The predicted molar refractivity (Wildman–Crippen MR) is 72.5 cm³/mol. The first-order valence-electron chi connectivity index (χ1n) is 5.90. The quantitative estimate of drug-likeness (QED) is 0.810. The van der Waals surface area contributed by atoms with Gasteiger partial charge in [0.1, 0.15) is 12.1 Å². The van der Waals surface area contributed by atoms with Gasteiger partial charge in [-0.3, -0.25) is 4.79 Å². The fourth-order valence-electron chi connectivity index (χ4n) is 1.64. The molecule has 0 aliphatic rings. The van der Waals surface area contributed by atoms with E-state index in [0.717, 1.165) is 10.2 Å². The number of hydrogen-bond acceptors (Lipinski definition) is 4. The van der Waals surface area contributed by atoms with E-state index in [2.05, 4.69) is 5.10 Å². The Kier molecular flexibility index (Phi) is 3.71. The largest absolute Gasteiger partial charge is 0.298 e. The first-order chi connectivity index (χ1) is 9.36. The topological polar surface area (TPSA) is 69.0 Å². The fraction of sp³-hybridized carbons (Fsp3) is 0.231. The Labute approximate surface area is 116 Å². The molecule has 7 heteroatoms. The van der Waals surface area contributed by atoms with Crippen LogP contribution < -0.4 is 0 Å². The molecular formula is C13H13FN2O3S. The Bertz CT molecular complexity index is 751. The lowest BCUT2D eigenvalue weighted by Gasteiger charge is -2.06. The van der Waals surface area contributed by atoms with Crippen molar-refractivity contribution in [2.75, 3.05) is 0 Å². The zero-order valence-corrected chi connectivity index (χ0v) is 11.8. The van der Waals surface area contributed by atoms with Gasteiger partial charge in [-0.15, -0.1) is 0 Å². The van der Waals surface area contributed by atoms with Gasteiger partial charge in [-0.25, -0.2) is 12.8 Å². The molecule has 1 heterocycles. The number of carbonyl (C=O) groups is 1. The summed E-state index contributed by atoms with van der Waals surface area (Å²) in [5.74, 6) is -0.544. The van der Waals surface area contributed by atoms with Crippen molar-refractivity contribution >= 4 is 16.3 Å². The molecule has 106 valence electrons. The van der Waals surface area contributed by atoms with Gasteiger partial charge >= 0.3 is 0 Å². The molecule has 0 saturated heterocycles. The van der Waals surface area contributed by atoms with Crippen LogP contribution in [-0.2, 0) is 10.0 Å². The fourth-order valence-corrected chi connectivity index (χ4v) is 2.51. The highest BCUT2D eigenvalue weighted by Crippen LogP contribution is 2.24. The molecule has 0 aliphatic carbocycles. The molecule has 5 nitrogen and oxygen atoms in total. The van der Waals surface area contributed by atoms with Gasteiger partial charge in [0.2, 0.25) is 0 Å². The number of benzene rings is 1. The molecule has 0 amide bonds. The van der Waals surface area contributed by atoms with Crippen LogP contribution in [0.25, 0.3) is 11.1 Å². The van der Waals surface area contributed by atoms with Crippen LogP contribution in [0.15, 0.2) is 30.6 Å². The second-order valence-corrected chi connectivity index (χ2v) is 6.90. The van der Waals surface area contributed by atoms with E-state index in [4.69, 9.17) is 0 Å². The van der Waals surface area contributed by atoms with Crippen molar-refractivity contribution < 1.29 is 17.6 Å². The number of hydrogen-bond donors (Lipinski definition) is 0. The monoisotopic (exact) mass is 296 g/mol. The van der Waals surface area contributed by atoms with E-state index in [1.54, 1.807) is 0 Å². The summed E-state index contributed by atoms with van der Waals surface area (Å²) < 4.78 is 38.4. The molecule has 20 heavy (non-hydrogen) atoms. The van der Waals surface area contributed by atoms with Gasteiger partial charge in [0, 0.05) is 16.7 Å². The van der Waals surface area contributed by atoms with Crippen LogP contribution in [0.5, 0.6) is 0 Å². The SMILES string of the molecule is CC(C)S(=O)(=O)n1cc(-c2cc(C=O)ccc2F)cn1. The number of nitrogens with zero attached hydrogens (tertiary/aromatic N) is 2. The van der Waals surface area contributed by atoms with Crippen LogP contribution in [0.2, 0.25) is 0 Å². The molecule has 0 radical (unpaired) electrons. The van der Waals surface area contributed by atoms with Crippen molar-refractivity contribution in [2.24, 2.45) is 0 Å². The molecule has 0 saturated carbocycles. The lowest BCUT2D eigenvalue weighted by atomic mass is 10.1. The van der Waals surface area contributed by atoms with Crippen molar-refractivity contribution in [1.29, 1.82) is 0 Å². The number of aromatic nitrogens is 2. The Morgan fingerprint density at radius 1 is 1.35 bits per heavy atom. The van der Waals surface area contributed by atoms with E-state index in [1.165, 1.54) is 38.4 Å². The molecule has 2 rings (SSSR count). The number of halogens is 1. The summed E-state index contributed by atoms with van der Waals surface area (Å²) in [6.45, 7) is 3.06. The molecule has 2 aromatic rings. The molecule has 0 atom stereocenters. The molecule has 0 aliphatic heterocycles. The highest BCUT2D eigenvalue weighted by atomic mass is 32.2. The lowest BCUT2D eigenvalue weighted by molar-refractivity contribution is 0.112. The van der Waals surface area contributed by atoms with Gasteiger partial charge in [0.05, 0.1) is 17.6 Å². The van der Waals surface area contributed by atoms with Gasteiger partial charge in [-0.2, -0.15) is 9.19 Å². The van der Waals surface area contributed by atoms with Crippen molar-refractivity contribution in [2.45, 2.75) is 19.1 Å². The summed E-state index contributed by atoms with van der Waals surface area (Å²) in [5.41, 5.74) is 0.746. The predicted octanol–water partition coefficient (Wildman–Crippen LogP) is 2.09. The molecule has 0 N–H and O–H groups in total. The third-order valence-corrected chi connectivity index (χ3v) is 4.77. The van der Waals surface area contributed by atoms with Gasteiger partial charge in [0.15, 0.2) is 0 Å². The Morgan fingerprint density at radius 2 is 2.05 bits per heavy atom. The number of carbonyl (C=O) groups excluding carboxylic acids is 1. The van der Waals surface area contributed by atoms with Gasteiger partial charge in [0.25, 0.3) is 10.0 Å². The highest BCUT2D eigenvalue weighted by Gasteiger charge is 2.20. The standard InChI is InChI=1S/C13H13FN2O3S/c1-9(2)20(18,19)16-7-11(6-15-16)12-5-10(8-17)3-4-13(12)14/h3-9H,1-2H3. The van der Waals surface area contributed by atoms with Crippen LogP contribution >= 0.6 is 0 Å². The number of aldehydes is 1. The first kappa shape index (κ1) is 14.4. The van der Waals surface area contributed by atoms with Crippen molar-refractivity contribution in [3.8, 4) is 11.1 Å². The average Bonchev–Trinajstić information content (AvgIpc) is 2.89. The molecular weight excluding hydrogens is 283 g/mol. The van der Waals surface area contributed by atoms with E-state index < -0.39 is 21.1 Å². The summed E-state index contributed by atoms with van der Waals surface area (Å²) in [4.78, 5) is 10.7. The van der Waals surface area contributed by atoms with Crippen LogP contribution in [0, 0.1) is 5.82 Å². The minimum Gasteiger partial charge on any atom is -0.298 e. The van der Waals surface area contributed by atoms with E-state index in [1.807, 2.05) is 0 Å². The van der Waals surface area contributed by atoms with Gasteiger partial charge in [-0.1, -0.05) is 0 Å². The lowest BCUT2D eigenvalue weighted by Crippen LogP contribution is -2.22. The van der Waals surface area contributed by atoms with Crippen molar-refractivity contribution in [3.05, 3.63) is 42.0 Å². The van der Waals surface area contributed by atoms with Crippen LogP contribution in [0.3, 0.4) is 0 Å². The summed E-state index contributed by atoms with van der Waals surface area (Å²) in [6, 6.07) is 3.86. The summed E-state index contributed by atoms with van der Waals surface area (Å²) in [6.07, 6.45) is 3.09. The molecule has 0 bridgehead atoms. The molecule has 0 spiro atoms. The molecule has 0 unspecified atom stereocenters. The van der Waals surface area contributed by atoms with Crippen LogP contribution in [0.4, 0.5) is 4.39 Å². The van der Waals surface area contributed by atoms with Gasteiger partial charge < -0.3 is 0 Å². The first-order valence-corrected chi connectivity index (χ1v) is 7.40. The second-order valence-electron chi connectivity index (χ2n) is 4.55. The smallest absolute Gasteiger partial charge is 0.256 e. The normalized spacial score (nSPS) is 11.8. The minimum absolute atomic E-state index is 0.139. The van der Waals surface area contributed by atoms with E-state index in [9.17, 15) is 17.6 Å². The molecule has 1 aromatic heterocycles. The Hall–Kier alpha value is -2.02. The zero-order chi connectivity index (χ0) is 14.9. The minimum atomic E-state index is -3.58. The zero-order valence-electron chi connectivity index (χ0n) is 10.9. The average molecular weight is 296 g/mol. The summed E-state index contributed by atoms with van der Waals surface area (Å²) in [5, 5.41) is 3.12. The Morgan fingerprint density at radius 3 is 2.65 bits per heavy atom. The Balaban J connectivity index is 2.52. The van der Waals surface area contributed by atoms with E-state index in [0.29, 0.717) is 17.4 Å². The maximum Gasteiger partial charge on any atom is 0.256 e. The maximum absolute atomic E-state index is 13.8.